The smallest absolute Gasteiger partial charge is 0.401 e. The molecule has 1 aliphatic heterocycles. The van der Waals surface area contributed by atoms with E-state index in [4.69, 9.17) is 4.74 Å². The Balaban J connectivity index is 0.00000364. The van der Waals surface area contributed by atoms with Crippen LogP contribution in [0.1, 0.15) is 18.9 Å². The predicted octanol–water partition coefficient (Wildman–Crippen LogP) is 3.18. The van der Waals surface area contributed by atoms with Crippen LogP contribution in [0, 0.1) is 6.92 Å². The van der Waals surface area contributed by atoms with E-state index in [0.717, 1.165) is 11.3 Å². The van der Waals surface area contributed by atoms with E-state index in [1.165, 1.54) is 4.90 Å². The predicted molar refractivity (Wildman–Crippen MR) is 112 cm³/mol. The van der Waals surface area contributed by atoms with E-state index in [1.807, 2.05) is 38.1 Å². The van der Waals surface area contributed by atoms with Crippen LogP contribution in [0.2, 0.25) is 0 Å². The van der Waals surface area contributed by atoms with Gasteiger partial charge in [-0.3, -0.25) is 9.89 Å². The zero-order chi connectivity index (χ0) is 19.2. The summed E-state index contributed by atoms with van der Waals surface area (Å²) in [6, 6.07) is 7.78. The molecular formula is C18H28F3IN4O. The number of likely N-dealkylation sites (tertiary alicyclic amines) is 1. The van der Waals surface area contributed by atoms with E-state index < -0.39 is 12.7 Å². The summed E-state index contributed by atoms with van der Waals surface area (Å²) in [5.41, 5.74) is 1.13. The number of aliphatic imine (C=N–C) groups is 1. The molecule has 0 spiro atoms. The molecule has 0 saturated carbocycles. The monoisotopic (exact) mass is 500 g/mol. The maximum Gasteiger partial charge on any atom is 0.401 e. The molecule has 1 aromatic carbocycles. The lowest BCUT2D eigenvalue weighted by Crippen LogP contribution is -2.47. The second-order valence-corrected chi connectivity index (χ2v) is 6.68. The molecule has 0 radical (unpaired) electrons. The van der Waals surface area contributed by atoms with Gasteiger partial charge in [0.05, 0.1) is 13.1 Å². The average molecular weight is 500 g/mol. The first-order valence-corrected chi connectivity index (χ1v) is 8.75. The average Bonchev–Trinajstić information content (AvgIpc) is 2.96. The summed E-state index contributed by atoms with van der Waals surface area (Å²) in [5.74, 6) is 1.38. The molecule has 1 saturated heterocycles. The number of halogens is 4. The zero-order valence-corrected chi connectivity index (χ0v) is 18.2. The van der Waals surface area contributed by atoms with Gasteiger partial charge < -0.3 is 15.4 Å². The third kappa shape index (κ3) is 9.00. The molecular weight excluding hydrogens is 472 g/mol. The number of guanidine groups is 1. The summed E-state index contributed by atoms with van der Waals surface area (Å²) >= 11 is 0. The van der Waals surface area contributed by atoms with Gasteiger partial charge in [0.2, 0.25) is 0 Å². The summed E-state index contributed by atoms with van der Waals surface area (Å²) in [4.78, 5) is 5.55. The Morgan fingerprint density at radius 1 is 1.41 bits per heavy atom. The topological polar surface area (TPSA) is 48.9 Å². The van der Waals surface area contributed by atoms with E-state index in [9.17, 15) is 13.2 Å². The number of alkyl halides is 3. The van der Waals surface area contributed by atoms with Crippen molar-refractivity contribution in [3.8, 4) is 5.75 Å². The van der Waals surface area contributed by atoms with Crippen LogP contribution in [-0.2, 0) is 0 Å². The van der Waals surface area contributed by atoms with Crippen LogP contribution in [0.3, 0.4) is 0 Å². The molecule has 1 heterocycles. The molecule has 1 aliphatic rings. The minimum atomic E-state index is -4.16. The Bertz CT molecular complexity index is 613. The first kappa shape index (κ1) is 23.8. The number of benzene rings is 1. The highest BCUT2D eigenvalue weighted by molar-refractivity contribution is 14.0. The molecule has 2 N–H and O–H groups in total. The van der Waals surface area contributed by atoms with Crippen LogP contribution in [-0.4, -0.2) is 62.4 Å². The number of nitrogens with one attached hydrogen (secondary N) is 2. The van der Waals surface area contributed by atoms with Crippen molar-refractivity contribution in [2.75, 3.05) is 33.2 Å². The van der Waals surface area contributed by atoms with Gasteiger partial charge in [-0.25, -0.2) is 0 Å². The number of hydrogen-bond acceptors (Lipinski definition) is 3. The quantitative estimate of drug-likeness (QED) is 0.358. The van der Waals surface area contributed by atoms with Gasteiger partial charge in [0.25, 0.3) is 0 Å². The fraction of sp³-hybridized carbons (Fsp3) is 0.611. The Labute approximate surface area is 175 Å². The summed E-state index contributed by atoms with van der Waals surface area (Å²) in [7, 11) is 1.64. The van der Waals surface area contributed by atoms with Crippen molar-refractivity contribution in [3.63, 3.8) is 0 Å². The SMILES string of the molecule is CN=C(NCC(C)Oc1cccc(C)c1)NC1CCN(CC(F)(F)F)C1.I. The van der Waals surface area contributed by atoms with Gasteiger partial charge in [-0.05, 0) is 38.0 Å². The summed E-state index contributed by atoms with van der Waals surface area (Å²) in [6.45, 7) is 4.41. The van der Waals surface area contributed by atoms with Gasteiger partial charge in [0.1, 0.15) is 11.9 Å². The molecule has 5 nitrogen and oxygen atoms in total. The fourth-order valence-electron chi connectivity index (χ4n) is 2.94. The van der Waals surface area contributed by atoms with Gasteiger partial charge in [-0.15, -0.1) is 24.0 Å². The highest BCUT2D eigenvalue weighted by Gasteiger charge is 2.34. The Kier molecular flexibility index (Phi) is 9.65. The number of aryl methyl sites for hydroxylation is 1. The molecule has 9 heteroatoms. The third-order valence-electron chi connectivity index (χ3n) is 4.12. The standard InChI is InChI=1S/C18H27F3N4O.HI/c1-13-5-4-6-16(9-13)26-14(2)10-23-17(22-3)24-15-7-8-25(11-15)12-18(19,20)21;/h4-6,9,14-15H,7-8,10-12H2,1-3H3,(H2,22,23,24);1H. The lowest BCUT2D eigenvalue weighted by atomic mass is 10.2. The van der Waals surface area contributed by atoms with Gasteiger partial charge in [0, 0.05) is 26.2 Å². The van der Waals surface area contributed by atoms with Crippen molar-refractivity contribution in [1.82, 2.24) is 15.5 Å². The molecule has 154 valence electrons. The van der Waals surface area contributed by atoms with Crippen LogP contribution in [0.4, 0.5) is 13.2 Å². The molecule has 2 atom stereocenters. The number of nitrogens with zero attached hydrogens (tertiary/aromatic N) is 2. The van der Waals surface area contributed by atoms with Crippen molar-refractivity contribution in [2.45, 2.75) is 38.6 Å². The molecule has 1 aromatic rings. The maximum absolute atomic E-state index is 12.5. The second kappa shape index (κ2) is 10.9. The van der Waals surface area contributed by atoms with Crippen LogP contribution in [0.5, 0.6) is 5.75 Å². The highest BCUT2D eigenvalue weighted by Crippen LogP contribution is 2.20. The molecule has 0 aromatic heterocycles. The van der Waals surface area contributed by atoms with Gasteiger partial charge in [-0.2, -0.15) is 13.2 Å². The number of ether oxygens (including phenoxy) is 1. The van der Waals surface area contributed by atoms with E-state index in [2.05, 4.69) is 15.6 Å². The van der Waals surface area contributed by atoms with Crippen LogP contribution < -0.4 is 15.4 Å². The fourth-order valence-corrected chi connectivity index (χ4v) is 2.94. The van der Waals surface area contributed by atoms with Crippen LogP contribution in [0.25, 0.3) is 0 Å². The lowest BCUT2D eigenvalue weighted by molar-refractivity contribution is -0.143. The number of rotatable bonds is 6. The minimum Gasteiger partial charge on any atom is -0.489 e. The zero-order valence-electron chi connectivity index (χ0n) is 15.8. The first-order chi connectivity index (χ1) is 12.2. The van der Waals surface area contributed by atoms with E-state index in [0.29, 0.717) is 32.0 Å². The van der Waals surface area contributed by atoms with E-state index in [1.54, 1.807) is 7.05 Å². The van der Waals surface area contributed by atoms with Gasteiger partial charge in [-0.1, -0.05) is 12.1 Å². The van der Waals surface area contributed by atoms with Gasteiger partial charge in [0.15, 0.2) is 5.96 Å². The molecule has 1 fully saturated rings. The van der Waals surface area contributed by atoms with E-state index >= 15 is 0 Å². The van der Waals surface area contributed by atoms with Crippen molar-refractivity contribution in [1.29, 1.82) is 0 Å². The third-order valence-corrected chi connectivity index (χ3v) is 4.12. The van der Waals surface area contributed by atoms with Crippen LogP contribution >= 0.6 is 24.0 Å². The Morgan fingerprint density at radius 2 is 2.15 bits per heavy atom. The molecule has 2 rings (SSSR count). The molecule has 27 heavy (non-hydrogen) atoms. The Hall–Kier alpha value is -1.23. The summed E-state index contributed by atoms with van der Waals surface area (Å²) in [6.07, 6.45) is -3.58. The van der Waals surface area contributed by atoms with E-state index in [-0.39, 0.29) is 36.1 Å². The van der Waals surface area contributed by atoms with Crippen molar-refractivity contribution in [2.24, 2.45) is 4.99 Å². The maximum atomic E-state index is 12.5. The Morgan fingerprint density at radius 3 is 2.78 bits per heavy atom. The molecule has 0 amide bonds. The van der Waals surface area contributed by atoms with Crippen LogP contribution in [0.15, 0.2) is 29.3 Å². The molecule has 2 unspecified atom stereocenters. The minimum absolute atomic E-state index is 0. The number of hydrogen-bond donors (Lipinski definition) is 2. The first-order valence-electron chi connectivity index (χ1n) is 8.75. The van der Waals surface area contributed by atoms with Gasteiger partial charge >= 0.3 is 6.18 Å². The summed E-state index contributed by atoms with van der Waals surface area (Å²) < 4.78 is 43.2. The molecule has 0 bridgehead atoms. The second-order valence-electron chi connectivity index (χ2n) is 6.68. The lowest BCUT2D eigenvalue weighted by Gasteiger charge is -2.21. The largest absolute Gasteiger partial charge is 0.489 e. The highest BCUT2D eigenvalue weighted by atomic mass is 127. The normalized spacial score (nSPS) is 19.3. The van der Waals surface area contributed by atoms with Crippen molar-refractivity contribution in [3.05, 3.63) is 29.8 Å². The molecule has 0 aliphatic carbocycles. The van der Waals surface area contributed by atoms with Crippen molar-refractivity contribution >= 4 is 29.9 Å². The summed E-state index contributed by atoms with van der Waals surface area (Å²) in [5, 5.41) is 6.35. The van der Waals surface area contributed by atoms with Crippen molar-refractivity contribution < 1.29 is 17.9 Å².